The molecule has 2 aromatic carbocycles. The minimum absolute atomic E-state index is 0.0999. The monoisotopic (exact) mass is 493 g/mol. The van der Waals surface area contributed by atoms with Crippen LogP contribution in [0.2, 0.25) is 0 Å². The van der Waals surface area contributed by atoms with E-state index in [4.69, 9.17) is 14.2 Å². The molecule has 34 heavy (non-hydrogen) atoms. The number of thiazole rings is 1. The van der Waals surface area contributed by atoms with Crippen LogP contribution in [0, 0.1) is 6.92 Å². The lowest BCUT2D eigenvalue weighted by Crippen LogP contribution is -2.08. The number of esters is 1. The molecular weight excluding hydrogens is 467 g/mol. The Morgan fingerprint density at radius 2 is 1.82 bits per heavy atom. The fourth-order valence-corrected chi connectivity index (χ4v) is 4.08. The molecule has 0 aliphatic heterocycles. The Morgan fingerprint density at radius 1 is 1.09 bits per heavy atom. The molecule has 0 unspecified atom stereocenters. The highest BCUT2D eigenvalue weighted by Crippen LogP contribution is 2.34. The molecule has 5 nitrogen and oxygen atoms in total. The first kappa shape index (κ1) is 25.6. The van der Waals surface area contributed by atoms with E-state index < -0.39 is 11.7 Å². The Bertz CT molecular complexity index is 1110. The molecule has 3 rings (SSSR count). The lowest BCUT2D eigenvalue weighted by atomic mass is 10.1. The van der Waals surface area contributed by atoms with Gasteiger partial charge < -0.3 is 14.2 Å². The highest BCUT2D eigenvalue weighted by atomic mass is 32.1. The molecule has 182 valence electrons. The second kappa shape index (κ2) is 11.4. The number of nitrogens with zero attached hydrogens (tertiary/aromatic N) is 1. The second-order valence-electron chi connectivity index (χ2n) is 7.62. The normalized spacial score (nSPS) is 11.4. The van der Waals surface area contributed by atoms with E-state index in [-0.39, 0.29) is 19.0 Å². The Morgan fingerprint density at radius 3 is 2.47 bits per heavy atom. The molecule has 0 saturated carbocycles. The van der Waals surface area contributed by atoms with Gasteiger partial charge in [-0.05, 0) is 31.5 Å². The van der Waals surface area contributed by atoms with Crippen molar-refractivity contribution < 1.29 is 32.2 Å². The number of unbranched alkanes of at least 4 members (excludes halogenated alkanes) is 1. The van der Waals surface area contributed by atoms with Gasteiger partial charge in [0.2, 0.25) is 0 Å². The van der Waals surface area contributed by atoms with Crippen LogP contribution >= 0.6 is 11.3 Å². The summed E-state index contributed by atoms with van der Waals surface area (Å²) in [5.74, 6) is 0.789. The van der Waals surface area contributed by atoms with Gasteiger partial charge in [-0.2, -0.15) is 13.2 Å². The average molecular weight is 494 g/mol. The summed E-state index contributed by atoms with van der Waals surface area (Å²) in [7, 11) is 1.34. The Kier molecular flexibility index (Phi) is 8.55. The maximum absolute atomic E-state index is 12.8. The molecule has 0 aliphatic carbocycles. The fraction of sp³-hybridized carbons (Fsp3) is 0.360. The first-order chi connectivity index (χ1) is 16.2. The largest absolute Gasteiger partial charge is 0.493 e. The molecule has 0 bridgehead atoms. The van der Waals surface area contributed by atoms with Crippen molar-refractivity contribution in [2.75, 3.05) is 13.7 Å². The summed E-state index contributed by atoms with van der Waals surface area (Å²) in [6, 6.07) is 10.2. The molecule has 0 aliphatic rings. The van der Waals surface area contributed by atoms with Crippen LogP contribution in [-0.4, -0.2) is 24.7 Å². The van der Waals surface area contributed by atoms with Crippen LogP contribution in [0.1, 0.15) is 41.5 Å². The number of ether oxygens (including phenoxy) is 3. The van der Waals surface area contributed by atoms with Crippen LogP contribution in [0.15, 0.2) is 42.5 Å². The molecule has 0 radical (unpaired) electrons. The van der Waals surface area contributed by atoms with Gasteiger partial charge in [0.15, 0.2) is 0 Å². The third-order valence-corrected chi connectivity index (χ3v) is 6.26. The summed E-state index contributed by atoms with van der Waals surface area (Å²) in [5, 5.41) is 0.627. The van der Waals surface area contributed by atoms with Gasteiger partial charge in [-0.25, -0.2) is 4.98 Å². The maximum atomic E-state index is 12.8. The van der Waals surface area contributed by atoms with Crippen molar-refractivity contribution in [2.24, 2.45) is 0 Å². The van der Waals surface area contributed by atoms with Crippen LogP contribution in [0.5, 0.6) is 11.5 Å². The number of alkyl halides is 3. The van der Waals surface area contributed by atoms with Crippen molar-refractivity contribution in [3.8, 4) is 22.1 Å². The molecule has 0 atom stereocenters. The van der Waals surface area contributed by atoms with Crippen molar-refractivity contribution in [1.82, 2.24) is 4.98 Å². The van der Waals surface area contributed by atoms with Gasteiger partial charge in [0.05, 0.1) is 36.3 Å². The Hall–Kier alpha value is -3.07. The summed E-state index contributed by atoms with van der Waals surface area (Å²) >= 11 is 1.37. The van der Waals surface area contributed by atoms with Gasteiger partial charge in [-0.15, -0.1) is 11.3 Å². The van der Waals surface area contributed by atoms with Gasteiger partial charge in [0.25, 0.3) is 0 Å². The molecule has 0 spiro atoms. The number of hydrogen-bond acceptors (Lipinski definition) is 6. The molecule has 0 amide bonds. The molecule has 1 heterocycles. The zero-order chi connectivity index (χ0) is 24.7. The fourth-order valence-electron chi connectivity index (χ4n) is 3.10. The summed E-state index contributed by atoms with van der Waals surface area (Å²) in [6.07, 6.45) is -2.41. The van der Waals surface area contributed by atoms with Gasteiger partial charge in [-0.3, -0.25) is 4.79 Å². The number of carbonyl (C=O) groups is 1. The summed E-state index contributed by atoms with van der Waals surface area (Å²) in [5.41, 5.74) is 1.39. The molecule has 0 fully saturated rings. The molecular formula is C25H26F3NO4S. The van der Waals surface area contributed by atoms with E-state index >= 15 is 0 Å². The Labute approximate surface area is 200 Å². The number of rotatable bonds is 10. The molecule has 3 aromatic rings. The predicted molar refractivity (Wildman–Crippen MR) is 124 cm³/mol. The van der Waals surface area contributed by atoms with Crippen LogP contribution in [0.25, 0.3) is 10.6 Å². The molecule has 0 saturated heterocycles. The van der Waals surface area contributed by atoms with Crippen molar-refractivity contribution in [3.63, 3.8) is 0 Å². The third kappa shape index (κ3) is 6.72. The summed E-state index contributed by atoms with van der Waals surface area (Å²) in [4.78, 5) is 17.1. The topological polar surface area (TPSA) is 57.7 Å². The average Bonchev–Trinajstić information content (AvgIpc) is 3.19. The highest BCUT2D eigenvalue weighted by Gasteiger charge is 2.30. The Balaban J connectivity index is 1.72. The number of aryl methyl sites for hydroxylation is 1. The van der Waals surface area contributed by atoms with E-state index in [0.717, 1.165) is 35.5 Å². The minimum Gasteiger partial charge on any atom is -0.493 e. The number of carbonyl (C=O) groups excluding carboxylic acids is 1. The zero-order valence-corrected chi connectivity index (χ0v) is 20.0. The van der Waals surface area contributed by atoms with Crippen LogP contribution < -0.4 is 9.47 Å². The first-order valence-electron chi connectivity index (χ1n) is 10.8. The van der Waals surface area contributed by atoms with E-state index in [1.165, 1.54) is 30.6 Å². The minimum atomic E-state index is -4.37. The lowest BCUT2D eigenvalue weighted by Gasteiger charge is -2.13. The SMILES string of the molecule is CCCCOc1cc(OCc2sc(-c3ccc(C(F)(F)F)cc3)nc2C)ccc1CC(=O)OC. The van der Waals surface area contributed by atoms with Crippen LogP contribution in [0.3, 0.4) is 0 Å². The first-order valence-corrected chi connectivity index (χ1v) is 11.6. The van der Waals surface area contributed by atoms with Crippen molar-refractivity contribution >= 4 is 17.3 Å². The van der Waals surface area contributed by atoms with Crippen molar-refractivity contribution in [3.05, 3.63) is 64.2 Å². The third-order valence-electron chi connectivity index (χ3n) is 5.08. The second-order valence-corrected chi connectivity index (χ2v) is 8.70. The summed E-state index contributed by atoms with van der Waals surface area (Å²) < 4.78 is 55.0. The maximum Gasteiger partial charge on any atom is 0.416 e. The van der Waals surface area contributed by atoms with Gasteiger partial charge >= 0.3 is 12.1 Å². The van der Waals surface area contributed by atoms with Crippen molar-refractivity contribution in [2.45, 2.75) is 45.9 Å². The summed E-state index contributed by atoms with van der Waals surface area (Å²) in [6.45, 7) is 4.67. The van der Waals surface area contributed by atoms with E-state index in [9.17, 15) is 18.0 Å². The number of methoxy groups -OCH3 is 1. The zero-order valence-electron chi connectivity index (χ0n) is 19.2. The van der Waals surface area contributed by atoms with Crippen molar-refractivity contribution in [1.29, 1.82) is 0 Å². The standard InChI is InChI=1S/C25H26F3NO4S/c1-4-5-12-32-21-14-20(11-8-18(21)13-23(30)31-3)33-15-22-16(2)29-24(34-22)17-6-9-19(10-7-17)25(26,27)28/h6-11,14H,4-5,12-13,15H2,1-3H3. The number of hydrogen-bond donors (Lipinski definition) is 0. The van der Waals surface area contributed by atoms with Crippen LogP contribution in [-0.2, 0) is 28.7 Å². The highest BCUT2D eigenvalue weighted by molar-refractivity contribution is 7.15. The molecule has 0 N–H and O–H groups in total. The van der Waals surface area contributed by atoms with Gasteiger partial charge in [0.1, 0.15) is 23.1 Å². The van der Waals surface area contributed by atoms with Gasteiger partial charge in [0, 0.05) is 17.2 Å². The smallest absolute Gasteiger partial charge is 0.416 e. The van der Waals surface area contributed by atoms with E-state index in [1.807, 2.05) is 6.92 Å². The van der Waals surface area contributed by atoms with E-state index in [1.54, 1.807) is 18.2 Å². The number of benzene rings is 2. The van der Waals surface area contributed by atoms with E-state index in [0.29, 0.717) is 34.2 Å². The van der Waals surface area contributed by atoms with E-state index in [2.05, 4.69) is 11.9 Å². The quantitative estimate of drug-likeness (QED) is 0.235. The van der Waals surface area contributed by atoms with Crippen LogP contribution in [0.4, 0.5) is 13.2 Å². The lowest BCUT2D eigenvalue weighted by molar-refractivity contribution is -0.140. The molecule has 9 heteroatoms. The number of halogens is 3. The van der Waals surface area contributed by atoms with Gasteiger partial charge in [-0.1, -0.05) is 31.5 Å². The number of aromatic nitrogens is 1. The molecule has 1 aromatic heterocycles. The predicted octanol–water partition coefficient (Wildman–Crippen LogP) is 6.61.